The van der Waals surface area contributed by atoms with Crippen molar-refractivity contribution in [2.45, 2.75) is 31.8 Å². The van der Waals surface area contributed by atoms with E-state index in [-0.39, 0.29) is 12.6 Å². The second-order valence-electron chi connectivity index (χ2n) is 4.61. The molecule has 0 amide bonds. The van der Waals surface area contributed by atoms with Crippen LogP contribution in [0.2, 0.25) is 0 Å². The third-order valence-electron chi connectivity index (χ3n) is 3.12. The standard InChI is InChI=1S/C13H17F2NO/c14-11-5-9(6-12(15)7-11)8-16-13(3-4-17)10-1-2-10/h5-7,10,13,16-17H,1-4,8H2. The Morgan fingerprint density at radius 1 is 1.24 bits per heavy atom. The minimum Gasteiger partial charge on any atom is -0.396 e. The second kappa shape index (κ2) is 5.56. The largest absolute Gasteiger partial charge is 0.396 e. The van der Waals surface area contributed by atoms with Crippen LogP contribution in [0.5, 0.6) is 0 Å². The summed E-state index contributed by atoms with van der Waals surface area (Å²) in [6.45, 7) is 0.585. The van der Waals surface area contributed by atoms with E-state index in [1.54, 1.807) is 0 Å². The highest BCUT2D eigenvalue weighted by Crippen LogP contribution is 2.34. The lowest BCUT2D eigenvalue weighted by atomic mass is 10.1. The van der Waals surface area contributed by atoms with Gasteiger partial charge in [-0.1, -0.05) is 0 Å². The topological polar surface area (TPSA) is 32.3 Å². The van der Waals surface area contributed by atoms with Crippen LogP contribution < -0.4 is 5.32 Å². The van der Waals surface area contributed by atoms with Gasteiger partial charge < -0.3 is 10.4 Å². The molecule has 94 valence electrons. The van der Waals surface area contributed by atoms with E-state index in [1.165, 1.54) is 25.0 Å². The van der Waals surface area contributed by atoms with E-state index in [0.717, 1.165) is 6.07 Å². The molecule has 2 rings (SSSR count). The van der Waals surface area contributed by atoms with Crippen LogP contribution >= 0.6 is 0 Å². The van der Waals surface area contributed by atoms with Crippen LogP contribution in [0.15, 0.2) is 18.2 Å². The number of nitrogens with one attached hydrogen (secondary N) is 1. The summed E-state index contributed by atoms with van der Waals surface area (Å²) in [7, 11) is 0. The Morgan fingerprint density at radius 2 is 1.88 bits per heavy atom. The molecule has 0 aromatic heterocycles. The van der Waals surface area contributed by atoms with E-state index < -0.39 is 11.6 Å². The minimum absolute atomic E-state index is 0.145. The predicted octanol–water partition coefficient (Wildman–Crippen LogP) is 2.22. The van der Waals surface area contributed by atoms with Gasteiger partial charge in [-0.25, -0.2) is 8.78 Å². The first kappa shape index (κ1) is 12.5. The number of aliphatic hydroxyl groups is 1. The molecule has 1 atom stereocenters. The Kier molecular flexibility index (Phi) is 4.07. The van der Waals surface area contributed by atoms with Crippen LogP contribution in [0.25, 0.3) is 0 Å². The van der Waals surface area contributed by atoms with Crippen molar-refractivity contribution < 1.29 is 13.9 Å². The number of hydrogen-bond acceptors (Lipinski definition) is 2. The Bertz CT molecular complexity index is 359. The maximum absolute atomic E-state index is 13.0. The third kappa shape index (κ3) is 3.75. The SMILES string of the molecule is OCCC(NCc1cc(F)cc(F)c1)C1CC1. The molecule has 0 spiro atoms. The molecular weight excluding hydrogens is 224 g/mol. The van der Waals surface area contributed by atoms with Crippen molar-refractivity contribution in [1.29, 1.82) is 0 Å². The molecule has 0 radical (unpaired) electrons. The molecule has 0 aliphatic heterocycles. The van der Waals surface area contributed by atoms with Crippen molar-refractivity contribution in [2.24, 2.45) is 5.92 Å². The quantitative estimate of drug-likeness (QED) is 0.800. The van der Waals surface area contributed by atoms with Crippen molar-refractivity contribution in [1.82, 2.24) is 5.32 Å². The first-order valence-electron chi connectivity index (χ1n) is 5.98. The van der Waals surface area contributed by atoms with Crippen LogP contribution in [0.3, 0.4) is 0 Å². The summed E-state index contributed by atoms with van der Waals surface area (Å²) in [6, 6.07) is 3.79. The van der Waals surface area contributed by atoms with E-state index in [0.29, 0.717) is 24.4 Å². The van der Waals surface area contributed by atoms with Gasteiger partial charge in [0.2, 0.25) is 0 Å². The molecule has 1 saturated carbocycles. The minimum atomic E-state index is -0.549. The smallest absolute Gasteiger partial charge is 0.126 e. The van der Waals surface area contributed by atoms with Gasteiger partial charge in [-0.05, 0) is 42.9 Å². The molecule has 4 heteroatoms. The Balaban J connectivity index is 1.91. The zero-order valence-electron chi connectivity index (χ0n) is 9.63. The van der Waals surface area contributed by atoms with Gasteiger partial charge in [0.15, 0.2) is 0 Å². The molecule has 1 unspecified atom stereocenters. The Labute approximate surface area is 99.7 Å². The zero-order chi connectivity index (χ0) is 12.3. The predicted molar refractivity (Wildman–Crippen MR) is 61.4 cm³/mol. The Hall–Kier alpha value is -1.00. The average molecular weight is 241 g/mol. The van der Waals surface area contributed by atoms with Gasteiger partial charge in [0.25, 0.3) is 0 Å². The number of aliphatic hydroxyl groups excluding tert-OH is 1. The van der Waals surface area contributed by atoms with Gasteiger partial charge in [0.05, 0.1) is 0 Å². The molecule has 1 aromatic rings. The average Bonchev–Trinajstić information content (AvgIpc) is 3.06. The molecule has 1 aliphatic rings. The van der Waals surface area contributed by atoms with Crippen LogP contribution in [0.4, 0.5) is 8.78 Å². The van der Waals surface area contributed by atoms with Crippen LogP contribution in [-0.4, -0.2) is 17.8 Å². The number of halogens is 2. The molecule has 1 fully saturated rings. The molecule has 1 aromatic carbocycles. The fourth-order valence-electron chi connectivity index (χ4n) is 2.10. The van der Waals surface area contributed by atoms with Gasteiger partial charge in [0.1, 0.15) is 11.6 Å². The lowest BCUT2D eigenvalue weighted by molar-refractivity contribution is 0.255. The Morgan fingerprint density at radius 3 is 2.41 bits per heavy atom. The normalized spacial score (nSPS) is 17.1. The number of hydrogen-bond donors (Lipinski definition) is 2. The van der Waals surface area contributed by atoms with Gasteiger partial charge >= 0.3 is 0 Å². The van der Waals surface area contributed by atoms with Gasteiger partial charge in [-0.3, -0.25) is 0 Å². The summed E-state index contributed by atoms with van der Waals surface area (Å²) >= 11 is 0. The van der Waals surface area contributed by atoms with Crippen molar-refractivity contribution in [3.8, 4) is 0 Å². The number of rotatable bonds is 6. The van der Waals surface area contributed by atoms with E-state index in [4.69, 9.17) is 5.11 Å². The highest BCUT2D eigenvalue weighted by molar-refractivity contribution is 5.17. The molecular formula is C13H17F2NO. The third-order valence-corrected chi connectivity index (χ3v) is 3.12. The lowest BCUT2D eigenvalue weighted by Gasteiger charge is -2.17. The van der Waals surface area contributed by atoms with E-state index in [9.17, 15) is 8.78 Å². The van der Waals surface area contributed by atoms with E-state index in [1.807, 2.05) is 0 Å². The number of benzene rings is 1. The molecule has 2 nitrogen and oxygen atoms in total. The molecule has 0 bridgehead atoms. The monoisotopic (exact) mass is 241 g/mol. The zero-order valence-corrected chi connectivity index (χ0v) is 9.63. The summed E-state index contributed by atoms with van der Waals surface area (Å²) in [5, 5.41) is 12.2. The summed E-state index contributed by atoms with van der Waals surface area (Å²) in [5.41, 5.74) is 0.603. The molecule has 0 heterocycles. The summed E-state index contributed by atoms with van der Waals surface area (Å²) in [5.74, 6) is -0.487. The summed E-state index contributed by atoms with van der Waals surface area (Å²) in [4.78, 5) is 0. The van der Waals surface area contributed by atoms with Crippen molar-refractivity contribution in [2.75, 3.05) is 6.61 Å². The van der Waals surface area contributed by atoms with Crippen LogP contribution in [0, 0.1) is 17.6 Å². The second-order valence-corrected chi connectivity index (χ2v) is 4.61. The van der Waals surface area contributed by atoms with E-state index >= 15 is 0 Å². The van der Waals surface area contributed by atoms with E-state index in [2.05, 4.69) is 5.32 Å². The van der Waals surface area contributed by atoms with Crippen molar-refractivity contribution in [3.63, 3.8) is 0 Å². The fourth-order valence-corrected chi connectivity index (χ4v) is 2.10. The first-order valence-corrected chi connectivity index (χ1v) is 5.98. The first-order chi connectivity index (χ1) is 8.19. The molecule has 1 aliphatic carbocycles. The van der Waals surface area contributed by atoms with Crippen LogP contribution in [-0.2, 0) is 6.54 Å². The van der Waals surface area contributed by atoms with Crippen molar-refractivity contribution in [3.05, 3.63) is 35.4 Å². The van der Waals surface area contributed by atoms with Crippen LogP contribution in [0.1, 0.15) is 24.8 Å². The maximum atomic E-state index is 13.0. The molecule has 0 saturated heterocycles. The molecule has 17 heavy (non-hydrogen) atoms. The highest BCUT2D eigenvalue weighted by atomic mass is 19.1. The fraction of sp³-hybridized carbons (Fsp3) is 0.538. The van der Waals surface area contributed by atoms with Gasteiger partial charge in [-0.2, -0.15) is 0 Å². The summed E-state index contributed by atoms with van der Waals surface area (Å²) in [6.07, 6.45) is 3.05. The maximum Gasteiger partial charge on any atom is 0.126 e. The lowest BCUT2D eigenvalue weighted by Crippen LogP contribution is -2.31. The summed E-state index contributed by atoms with van der Waals surface area (Å²) < 4.78 is 25.9. The van der Waals surface area contributed by atoms with Crippen molar-refractivity contribution >= 4 is 0 Å². The van der Waals surface area contributed by atoms with Gasteiger partial charge in [-0.15, -0.1) is 0 Å². The highest BCUT2D eigenvalue weighted by Gasteiger charge is 2.30. The molecule has 2 N–H and O–H groups in total. The van der Waals surface area contributed by atoms with Gasteiger partial charge in [0, 0.05) is 25.3 Å².